The summed E-state index contributed by atoms with van der Waals surface area (Å²) < 4.78 is 5.53. The summed E-state index contributed by atoms with van der Waals surface area (Å²) in [6.45, 7) is 4.84. The predicted molar refractivity (Wildman–Crippen MR) is 99.7 cm³/mol. The smallest absolute Gasteiger partial charge is 0.317 e. The number of carbonyl (C=O) groups is 2. The number of nitrogens with zero attached hydrogens (tertiary/aromatic N) is 1. The maximum Gasteiger partial charge on any atom is 0.317 e. The molecule has 0 bridgehead atoms. The molecule has 1 aliphatic carbocycles. The predicted octanol–water partition coefficient (Wildman–Crippen LogP) is 2.21. The number of hydrogen-bond acceptors (Lipinski definition) is 3. The highest BCUT2D eigenvalue weighted by atomic mass is 16.5. The fourth-order valence-corrected chi connectivity index (χ4v) is 3.84. The first kappa shape index (κ1) is 18.7. The van der Waals surface area contributed by atoms with E-state index in [1.807, 2.05) is 36.1 Å². The van der Waals surface area contributed by atoms with Crippen molar-refractivity contribution < 1.29 is 14.3 Å². The number of aryl methyl sites for hydroxylation is 1. The number of rotatable bonds is 2. The molecule has 1 saturated carbocycles. The SMILES string of the molecule is Cc1ccc(CNC(=O)N2CCCOCCNC(=O)C3CCCC32)cc1. The lowest BCUT2D eigenvalue weighted by atomic mass is 10.0. The molecule has 2 N–H and O–H groups in total. The fourth-order valence-electron chi connectivity index (χ4n) is 3.84. The lowest BCUT2D eigenvalue weighted by Crippen LogP contribution is -2.50. The third-order valence-electron chi connectivity index (χ3n) is 5.28. The summed E-state index contributed by atoms with van der Waals surface area (Å²) in [6.07, 6.45) is 3.51. The first-order valence-electron chi connectivity index (χ1n) is 9.60. The van der Waals surface area contributed by atoms with Gasteiger partial charge >= 0.3 is 6.03 Å². The number of ether oxygens (including phenoxy) is 1. The van der Waals surface area contributed by atoms with Gasteiger partial charge in [-0.25, -0.2) is 4.79 Å². The van der Waals surface area contributed by atoms with Crippen LogP contribution in [0.2, 0.25) is 0 Å². The summed E-state index contributed by atoms with van der Waals surface area (Å²) in [5.74, 6) is -0.0624. The normalized spacial score (nSPS) is 24.3. The number of nitrogens with one attached hydrogen (secondary N) is 2. The maximum absolute atomic E-state index is 12.9. The van der Waals surface area contributed by atoms with Crippen molar-refractivity contribution in [3.8, 4) is 0 Å². The van der Waals surface area contributed by atoms with E-state index in [-0.39, 0.29) is 23.9 Å². The molecule has 2 unspecified atom stereocenters. The second-order valence-corrected chi connectivity index (χ2v) is 7.20. The van der Waals surface area contributed by atoms with Crippen molar-refractivity contribution in [1.29, 1.82) is 0 Å². The number of benzene rings is 1. The second-order valence-electron chi connectivity index (χ2n) is 7.20. The molecular weight excluding hydrogens is 330 g/mol. The summed E-state index contributed by atoms with van der Waals surface area (Å²) in [7, 11) is 0. The molecule has 6 nitrogen and oxygen atoms in total. The van der Waals surface area contributed by atoms with Crippen LogP contribution in [-0.4, -0.2) is 49.2 Å². The minimum absolute atomic E-state index is 0.0221. The number of fused-ring (bicyclic) bond motifs is 1. The molecule has 0 aromatic heterocycles. The minimum Gasteiger partial charge on any atom is -0.380 e. The maximum atomic E-state index is 12.9. The van der Waals surface area contributed by atoms with E-state index in [4.69, 9.17) is 4.74 Å². The Labute approximate surface area is 155 Å². The average molecular weight is 359 g/mol. The van der Waals surface area contributed by atoms with Crippen LogP contribution in [0.15, 0.2) is 24.3 Å². The van der Waals surface area contributed by atoms with E-state index in [2.05, 4.69) is 10.6 Å². The van der Waals surface area contributed by atoms with Gasteiger partial charge in [0.25, 0.3) is 0 Å². The topological polar surface area (TPSA) is 70.7 Å². The molecule has 26 heavy (non-hydrogen) atoms. The van der Waals surface area contributed by atoms with Gasteiger partial charge in [0.05, 0.1) is 12.5 Å². The Morgan fingerprint density at radius 2 is 2.04 bits per heavy atom. The van der Waals surface area contributed by atoms with Crippen LogP contribution < -0.4 is 10.6 Å². The molecule has 2 atom stereocenters. The average Bonchev–Trinajstić information content (AvgIpc) is 3.11. The molecule has 3 amide bonds. The highest BCUT2D eigenvalue weighted by Crippen LogP contribution is 2.30. The zero-order valence-corrected chi connectivity index (χ0v) is 15.5. The van der Waals surface area contributed by atoms with Crippen LogP contribution in [-0.2, 0) is 16.1 Å². The van der Waals surface area contributed by atoms with E-state index in [9.17, 15) is 9.59 Å². The van der Waals surface area contributed by atoms with E-state index >= 15 is 0 Å². The Morgan fingerprint density at radius 3 is 2.85 bits per heavy atom. The Hall–Kier alpha value is -2.08. The third-order valence-corrected chi connectivity index (χ3v) is 5.28. The molecule has 3 rings (SSSR count). The van der Waals surface area contributed by atoms with Gasteiger partial charge in [0.1, 0.15) is 0 Å². The van der Waals surface area contributed by atoms with Crippen molar-refractivity contribution in [3.05, 3.63) is 35.4 Å². The van der Waals surface area contributed by atoms with Crippen molar-refractivity contribution in [2.45, 2.75) is 45.2 Å². The fraction of sp³-hybridized carbons (Fsp3) is 0.600. The minimum atomic E-state index is -0.113. The zero-order valence-electron chi connectivity index (χ0n) is 15.5. The lowest BCUT2D eigenvalue weighted by molar-refractivity contribution is -0.126. The molecule has 1 saturated heterocycles. The van der Waals surface area contributed by atoms with Gasteiger partial charge in [-0.05, 0) is 31.7 Å². The van der Waals surface area contributed by atoms with Gasteiger partial charge in [-0.2, -0.15) is 0 Å². The van der Waals surface area contributed by atoms with Gasteiger partial charge in [-0.3, -0.25) is 4.79 Å². The standard InChI is InChI=1S/C20H29N3O3/c1-15-6-8-16(9-7-15)14-22-20(25)23-11-3-12-26-13-10-21-19(24)17-4-2-5-18(17)23/h6-9,17-18H,2-5,10-14H2,1H3,(H,21,24)(H,22,25). The molecule has 1 aliphatic heterocycles. The monoisotopic (exact) mass is 359 g/mol. The Balaban J connectivity index is 1.67. The molecule has 142 valence electrons. The van der Waals surface area contributed by atoms with Gasteiger partial charge in [-0.15, -0.1) is 0 Å². The summed E-state index contributed by atoms with van der Waals surface area (Å²) in [5.41, 5.74) is 2.28. The second kappa shape index (κ2) is 9.03. The van der Waals surface area contributed by atoms with Crippen LogP contribution in [0.4, 0.5) is 4.79 Å². The van der Waals surface area contributed by atoms with Crippen LogP contribution in [0.25, 0.3) is 0 Å². The molecular formula is C20H29N3O3. The zero-order chi connectivity index (χ0) is 18.4. The van der Waals surface area contributed by atoms with Crippen LogP contribution in [0.3, 0.4) is 0 Å². The molecule has 1 aromatic carbocycles. The van der Waals surface area contributed by atoms with Crippen molar-refractivity contribution in [3.63, 3.8) is 0 Å². The Bertz CT molecular complexity index is 617. The van der Waals surface area contributed by atoms with Crippen molar-refractivity contribution in [2.24, 2.45) is 5.92 Å². The molecule has 2 fully saturated rings. The number of hydrogen-bond donors (Lipinski definition) is 2. The molecule has 2 aliphatic rings. The lowest BCUT2D eigenvalue weighted by Gasteiger charge is -2.32. The van der Waals surface area contributed by atoms with Crippen LogP contribution in [0.5, 0.6) is 0 Å². The first-order chi connectivity index (χ1) is 12.6. The summed E-state index contributed by atoms with van der Waals surface area (Å²) in [6, 6.07) is 8.04. The summed E-state index contributed by atoms with van der Waals surface area (Å²) >= 11 is 0. The number of carbonyl (C=O) groups excluding carboxylic acids is 2. The largest absolute Gasteiger partial charge is 0.380 e. The van der Waals surface area contributed by atoms with E-state index in [0.29, 0.717) is 32.8 Å². The summed E-state index contributed by atoms with van der Waals surface area (Å²) in [5, 5.41) is 5.98. The number of urea groups is 1. The highest BCUT2D eigenvalue weighted by molar-refractivity contribution is 5.81. The van der Waals surface area contributed by atoms with Crippen molar-refractivity contribution in [1.82, 2.24) is 15.5 Å². The van der Waals surface area contributed by atoms with E-state index in [1.54, 1.807) is 0 Å². The Kier molecular flexibility index (Phi) is 6.50. The van der Waals surface area contributed by atoms with E-state index in [0.717, 1.165) is 31.2 Å². The molecule has 0 radical (unpaired) electrons. The van der Waals surface area contributed by atoms with E-state index in [1.165, 1.54) is 5.56 Å². The summed E-state index contributed by atoms with van der Waals surface area (Å²) in [4.78, 5) is 27.2. The van der Waals surface area contributed by atoms with Crippen LogP contribution >= 0.6 is 0 Å². The molecule has 6 heteroatoms. The van der Waals surface area contributed by atoms with Crippen molar-refractivity contribution >= 4 is 11.9 Å². The third kappa shape index (κ3) is 4.75. The van der Waals surface area contributed by atoms with E-state index < -0.39 is 0 Å². The molecule has 1 aromatic rings. The number of amides is 3. The van der Waals surface area contributed by atoms with Crippen LogP contribution in [0.1, 0.15) is 36.8 Å². The van der Waals surface area contributed by atoms with Gasteiger partial charge in [0.2, 0.25) is 5.91 Å². The Morgan fingerprint density at radius 1 is 1.23 bits per heavy atom. The van der Waals surface area contributed by atoms with Gasteiger partial charge in [0, 0.05) is 32.3 Å². The van der Waals surface area contributed by atoms with Gasteiger partial charge < -0.3 is 20.3 Å². The quantitative estimate of drug-likeness (QED) is 0.850. The highest BCUT2D eigenvalue weighted by Gasteiger charge is 2.38. The molecule has 0 spiro atoms. The first-order valence-corrected chi connectivity index (χ1v) is 9.60. The van der Waals surface area contributed by atoms with Crippen LogP contribution in [0, 0.1) is 12.8 Å². The molecule has 1 heterocycles. The van der Waals surface area contributed by atoms with Gasteiger partial charge in [-0.1, -0.05) is 36.2 Å². The van der Waals surface area contributed by atoms with Gasteiger partial charge in [0.15, 0.2) is 0 Å². The van der Waals surface area contributed by atoms with Crippen molar-refractivity contribution in [2.75, 3.05) is 26.3 Å².